The fraction of sp³-hybridized carbons (Fsp3) is 0.595. The van der Waals surface area contributed by atoms with Crippen LogP contribution in [0.5, 0.6) is 0 Å². The molecule has 0 bridgehead atoms. The number of amides is 3. The van der Waals surface area contributed by atoms with Crippen molar-refractivity contribution in [1.82, 2.24) is 30.7 Å². The van der Waals surface area contributed by atoms with Crippen LogP contribution in [0.3, 0.4) is 0 Å². The third-order valence-electron chi connectivity index (χ3n) is 8.91. The summed E-state index contributed by atoms with van der Waals surface area (Å²) in [6, 6.07) is -4.32. The number of ketones is 6. The number of ether oxygens (including phenoxy) is 3. The van der Waals surface area contributed by atoms with Crippen molar-refractivity contribution in [1.29, 1.82) is 0 Å². The zero-order valence-corrected chi connectivity index (χ0v) is 38.3. The molecule has 0 aromatic heterocycles. The van der Waals surface area contributed by atoms with Crippen molar-refractivity contribution >= 4 is 53.0 Å². The van der Waals surface area contributed by atoms with E-state index in [0.717, 1.165) is 0 Å². The predicted molar refractivity (Wildman–Crippen MR) is 214 cm³/mol. The van der Waals surface area contributed by atoms with Crippen molar-refractivity contribution in [3.8, 4) is 0 Å². The number of hydrogen-bond donors (Lipinski definition) is 6. The molecular formula is C37H58LaN7O17. The number of nitro groups is 1. The normalized spacial score (nSPS) is 19.2. The number of carbonyl (C=O) groups excluding carboxylic acids is 6. The summed E-state index contributed by atoms with van der Waals surface area (Å²) >= 11 is -0.0926. The van der Waals surface area contributed by atoms with Crippen LogP contribution in [0.4, 0.5) is 14.4 Å². The van der Waals surface area contributed by atoms with E-state index in [4.69, 9.17) is 39.6 Å². The van der Waals surface area contributed by atoms with Crippen molar-refractivity contribution in [3.63, 3.8) is 0 Å². The fourth-order valence-corrected chi connectivity index (χ4v) is 6.07. The van der Waals surface area contributed by atoms with Crippen molar-refractivity contribution in [3.05, 3.63) is 46.9 Å². The van der Waals surface area contributed by atoms with Gasteiger partial charge >= 0.3 is 64.2 Å². The predicted octanol–water partition coefficient (Wildman–Crippen LogP) is 0.409. The van der Waals surface area contributed by atoms with E-state index < -0.39 is 89.2 Å². The summed E-state index contributed by atoms with van der Waals surface area (Å²) in [5.41, 5.74) is 0. The van der Waals surface area contributed by atoms with Crippen LogP contribution in [-0.2, 0) is 43.0 Å². The van der Waals surface area contributed by atoms with Gasteiger partial charge in [0.15, 0.2) is 0 Å². The van der Waals surface area contributed by atoms with Crippen LogP contribution in [0.15, 0.2) is 36.8 Å². The van der Waals surface area contributed by atoms with Crippen LogP contribution in [0.25, 0.3) is 0 Å². The van der Waals surface area contributed by atoms with E-state index in [1.54, 1.807) is 35.5 Å². The maximum absolute atomic E-state index is 12.0. The SMILES string of the molecule is C.CCC(NC(=O)O)C1C(=O)C(=O)C=CN1CCOC.CCC(NC(=O)O)C1C(=O)C(=O)C=CN1CCOC.CCC(NC(=O)O)C1C(=O)C(=O)C=CN1CCOC.O=[N+]([O-])[La]. The van der Waals surface area contributed by atoms with Crippen LogP contribution in [0, 0.1) is 44.2 Å². The molecule has 0 aromatic rings. The molecule has 24 nitrogen and oxygen atoms in total. The molecule has 3 heterocycles. The van der Waals surface area contributed by atoms with Crippen molar-refractivity contribution in [2.24, 2.45) is 0 Å². The average Bonchev–Trinajstić information content (AvgIpc) is 3.20. The number of hydrogen-bond acceptors (Lipinski definition) is 17. The fourth-order valence-electron chi connectivity index (χ4n) is 6.07. The molecule has 25 heteroatoms. The van der Waals surface area contributed by atoms with Gasteiger partial charge in [0, 0.05) is 77.8 Å². The van der Waals surface area contributed by atoms with Crippen LogP contribution in [0.1, 0.15) is 47.5 Å². The Morgan fingerprint density at radius 3 is 0.984 bits per heavy atom. The van der Waals surface area contributed by atoms with Gasteiger partial charge in [-0.05, 0) is 19.3 Å². The van der Waals surface area contributed by atoms with Gasteiger partial charge < -0.3 is 60.2 Å². The molecule has 0 saturated heterocycles. The van der Waals surface area contributed by atoms with E-state index in [0.29, 0.717) is 58.7 Å². The molecule has 6 N–H and O–H groups in total. The van der Waals surface area contributed by atoms with Gasteiger partial charge in [-0.15, -0.1) is 0 Å². The standard InChI is InChI=1S/3C12H18N2O5.CH4.La.NO2/c3*1-3-8(13-12(17)18)10-11(16)9(15)4-5-14(10)6-7-19-2;;;2-1-3/h3*4-5,8,10,13H,3,6-7H2,1-2H3,(H,17,18);1H4;;. The van der Waals surface area contributed by atoms with Gasteiger partial charge in [0.05, 0.1) is 37.9 Å². The minimum absolute atomic E-state index is 0. The molecule has 3 aliphatic rings. The first-order valence-corrected chi connectivity index (χ1v) is 20.3. The van der Waals surface area contributed by atoms with Crippen LogP contribution < -0.4 is 16.0 Å². The summed E-state index contributed by atoms with van der Waals surface area (Å²) in [5.74, 6) is -3.62. The Kier molecular flexibility index (Phi) is 30.2. The number of carbonyl (C=O) groups is 9. The number of methoxy groups -OCH3 is 3. The summed E-state index contributed by atoms with van der Waals surface area (Å²) in [5, 5.41) is 42.1. The molecule has 0 aliphatic carbocycles. The minimum atomic E-state index is -1.21. The zero-order valence-electron chi connectivity index (χ0n) is 34.7. The molecule has 3 rings (SSSR count). The molecule has 0 spiro atoms. The molecule has 0 radical (unpaired) electrons. The van der Waals surface area contributed by atoms with Gasteiger partial charge in [-0.2, -0.15) is 0 Å². The number of nitrogens with one attached hydrogen (secondary N) is 3. The summed E-state index contributed by atoms with van der Waals surface area (Å²) < 4.78 is 14.5. The van der Waals surface area contributed by atoms with Gasteiger partial charge in [0.2, 0.25) is 34.7 Å². The Labute approximate surface area is 381 Å². The summed E-state index contributed by atoms with van der Waals surface area (Å²) in [6.45, 7) is 7.64. The third-order valence-corrected chi connectivity index (χ3v) is 8.91. The summed E-state index contributed by atoms with van der Waals surface area (Å²) in [7, 11) is 4.59. The van der Waals surface area contributed by atoms with Gasteiger partial charge in [-0.25, -0.2) is 14.4 Å². The number of Topliss-reactive ketones (excluding diaryl/α,β-unsaturated/α-hetero) is 3. The van der Waals surface area contributed by atoms with E-state index in [-0.39, 0.29) is 43.2 Å². The van der Waals surface area contributed by atoms with Gasteiger partial charge in [0.1, 0.15) is 18.1 Å². The van der Waals surface area contributed by atoms with Gasteiger partial charge in [-0.1, -0.05) is 28.2 Å². The second-order valence-electron chi connectivity index (χ2n) is 12.8. The first-order chi connectivity index (χ1) is 28.8. The molecule has 0 saturated carbocycles. The van der Waals surface area contributed by atoms with Crippen LogP contribution in [-0.4, -0.2) is 182 Å². The van der Waals surface area contributed by atoms with E-state index >= 15 is 0 Å². The van der Waals surface area contributed by atoms with E-state index in [1.165, 1.54) is 58.2 Å². The van der Waals surface area contributed by atoms with Crippen LogP contribution >= 0.6 is 0 Å². The summed E-state index contributed by atoms with van der Waals surface area (Å²) in [6.07, 6.45) is 5.72. The molecule has 0 aromatic carbocycles. The Hall–Kier alpha value is -5.08. The number of carboxylic acid groups (broad SMARTS) is 3. The summed E-state index contributed by atoms with van der Waals surface area (Å²) in [4.78, 5) is 116. The number of allylic oxidation sites excluding steroid dienone is 3. The number of nitrogens with zero attached hydrogens (tertiary/aromatic N) is 4. The molecule has 3 aliphatic heterocycles. The van der Waals surface area contributed by atoms with E-state index in [1.807, 2.05) is 0 Å². The Balaban J connectivity index is 0. The van der Waals surface area contributed by atoms with Crippen molar-refractivity contribution < 1.29 is 108 Å². The molecular weight excluding hydrogens is 953 g/mol. The van der Waals surface area contributed by atoms with Crippen LogP contribution in [0.2, 0.25) is 0 Å². The molecule has 6 atom stereocenters. The quantitative estimate of drug-likeness (QED) is 0.0615. The van der Waals surface area contributed by atoms with E-state index in [2.05, 4.69) is 16.0 Å². The molecule has 0 fully saturated rings. The second-order valence-corrected chi connectivity index (χ2v) is 14.2. The zero-order chi connectivity index (χ0) is 46.8. The first kappa shape index (κ1) is 59.0. The molecule has 3 amide bonds. The topological polar surface area (TPSA) is 331 Å². The molecule has 346 valence electrons. The van der Waals surface area contributed by atoms with Crippen molar-refractivity contribution in [2.75, 3.05) is 60.8 Å². The average molecular weight is 1010 g/mol. The molecule has 62 heavy (non-hydrogen) atoms. The maximum atomic E-state index is 12.0. The Bertz CT molecular complexity index is 1460. The van der Waals surface area contributed by atoms with Gasteiger partial charge in [0.25, 0.3) is 0 Å². The van der Waals surface area contributed by atoms with Gasteiger partial charge in [-0.3, -0.25) is 28.8 Å². The first-order valence-electron chi connectivity index (χ1n) is 18.7. The second kappa shape index (κ2) is 31.7. The number of rotatable bonds is 18. The molecule has 6 unspecified atom stereocenters. The Morgan fingerprint density at radius 1 is 0.613 bits per heavy atom. The van der Waals surface area contributed by atoms with Crippen molar-refractivity contribution in [2.45, 2.75) is 83.7 Å². The van der Waals surface area contributed by atoms with E-state index in [9.17, 15) is 43.2 Å². The third kappa shape index (κ3) is 20.7. The monoisotopic (exact) mass is 1010 g/mol. The Morgan fingerprint density at radius 2 is 0.823 bits per heavy atom.